The first kappa shape index (κ1) is 20.5. The average Bonchev–Trinajstić information content (AvgIpc) is 2.97. The van der Waals surface area contributed by atoms with Crippen LogP contribution in [0, 0.1) is 0 Å². The van der Waals surface area contributed by atoms with Crippen LogP contribution in [0.15, 0.2) is 72.6 Å². The lowest BCUT2D eigenvalue weighted by atomic mass is 9.83. The van der Waals surface area contributed by atoms with Crippen LogP contribution in [0.25, 0.3) is 17.1 Å². The lowest BCUT2D eigenvalue weighted by Crippen LogP contribution is -2.25. The van der Waals surface area contributed by atoms with Gasteiger partial charge in [-0.3, -0.25) is 9.78 Å². The number of para-hydroxylation sites is 3. The Morgan fingerprint density at radius 1 is 1.06 bits per heavy atom. The molecule has 0 fully saturated rings. The largest absolute Gasteiger partial charge is 0.454 e. The van der Waals surface area contributed by atoms with E-state index >= 15 is 0 Å². The minimum atomic E-state index is -0.607. The first-order valence-corrected chi connectivity index (χ1v) is 10.0. The molecule has 4 rings (SSSR count). The van der Waals surface area contributed by atoms with Crippen LogP contribution >= 0.6 is 0 Å². The fraction of sp³-hybridized carbons (Fsp3) is 0.200. The van der Waals surface area contributed by atoms with Crippen LogP contribution in [0.2, 0.25) is 0 Å². The summed E-state index contributed by atoms with van der Waals surface area (Å²) in [5, 5.41) is 0. The Morgan fingerprint density at radius 2 is 1.77 bits per heavy atom. The molecule has 1 aromatic heterocycles. The molecule has 0 unspecified atom stereocenters. The number of hydrogen-bond acceptors (Lipinski definition) is 6. The predicted molar refractivity (Wildman–Crippen MR) is 120 cm³/mol. The molecule has 0 N–H and O–H groups in total. The minimum Gasteiger partial charge on any atom is -0.454 e. The number of ketones is 1. The second kappa shape index (κ2) is 8.14. The molecule has 0 bridgehead atoms. The molecule has 1 aliphatic rings. The molecule has 3 aromatic rings. The second-order valence-corrected chi connectivity index (χ2v) is 7.92. The van der Waals surface area contributed by atoms with Crippen molar-refractivity contribution >= 4 is 34.5 Å². The van der Waals surface area contributed by atoms with Gasteiger partial charge in [-0.15, -0.1) is 0 Å². The van der Waals surface area contributed by atoms with Crippen LogP contribution in [0.5, 0.6) is 0 Å². The molecular weight excluding hydrogens is 390 g/mol. The summed E-state index contributed by atoms with van der Waals surface area (Å²) in [5.74, 6) is -0.876. The van der Waals surface area contributed by atoms with E-state index in [1.807, 2.05) is 54.4 Å². The Hall–Kier alpha value is -3.80. The van der Waals surface area contributed by atoms with Crippen molar-refractivity contribution in [1.82, 2.24) is 9.97 Å². The van der Waals surface area contributed by atoms with Gasteiger partial charge >= 0.3 is 5.97 Å². The van der Waals surface area contributed by atoms with Crippen molar-refractivity contribution in [3.05, 3.63) is 83.8 Å². The van der Waals surface area contributed by atoms with E-state index in [9.17, 15) is 9.59 Å². The van der Waals surface area contributed by atoms with Gasteiger partial charge < -0.3 is 9.64 Å². The van der Waals surface area contributed by atoms with E-state index in [1.165, 1.54) is 12.2 Å². The number of esters is 1. The van der Waals surface area contributed by atoms with E-state index in [-0.39, 0.29) is 17.8 Å². The zero-order valence-electron chi connectivity index (χ0n) is 17.7. The fourth-order valence-electron chi connectivity index (χ4n) is 3.85. The number of fused-ring (bicyclic) bond motifs is 2. The van der Waals surface area contributed by atoms with Crippen molar-refractivity contribution in [2.75, 3.05) is 18.6 Å². The first-order valence-electron chi connectivity index (χ1n) is 10.0. The SMILES string of the molecule is CN1C(=CC(=O)COC(=O)C=Cc2cnc3ccccc3n2)C(C)(C)c2ccccc21. The monoisotopic (exact) mass is 413 g/mol. The van der Waals surface area contributed by atoms with Crippen LogP contribution in [0.1, 0.15) is 25.1 Å². The Bertz CT molecular complexity index is 1230. The van der Waals surface area contributed by atoms with Crippen LogP contribution in [0.3, 0.4) is 0 Å². The van der Waals surface area contributed by atoms with Crippen molar-refractivity contribution in [3.63, 3.8) is 0 Å². The average molecular weight is 413 g/mol. The van der Waals surface area contributed by atoms with Gasteiger partial charge in [0.15, 0.2) is 12.4 Å². The number of aromatic nitrogens is 2. The number of allylic oxidation sites excluding steroid dienone is 1. The van der Waals surface area contributed by atoms with Crippen molar-refractivity contribution in [2.45, 2.75) is 19.3 Å². The summed E-state index contributed by atoms with van der Waals surface area (Å²) in [6, 6.07) is 15.5. The fourth-order valence-corrected chi connectivity index (χ4v) is 3.85. The highest BCUT2D eigenvalue weighted by molar-refractivity contribution is 5.96. The standard InChI is InChI=1S/C25H23N3O3/c1-25(2)19-8-4-7-11-22(19)28(3)23(25)14-18(29)16-31-24(30)13-12-17-15-26-20-9-5-6-10-21(20)27-17/h4-15H,16H2,1-3H3. The van der Waals surface area contributed by atoms with Gasteiger partial charge in [0, 0.05) is 36.0 Å². The maximum atomic E-state index is 12.5. The third kappa shape index (κ3) is 4.10. The molecule has 0 radical (unpaired) electrons. The maximum absolute atomic E-state index is 12.5. The summed E-state index contributed by atoms with van der Waals surface area (Å²) < 4.78 is 5.12. The van der Waals surface area contributed by atoms with E-state index in [0.717, 1.165) is 28.0 Å². The molecule has 0 saturated heterocycles. The van der Waals surface area contributed by atoms with Crippen LogP contribution in [-0.2, 0) is 19.7 Å². The molecule has 2 aromatic carbocycles. The Morgan fingerprint density at radius 3 is 2.55 bits per heavy atom. The number of hydrogen-bond donors (Lipinski definition) is 0. The van der Waals surface area contributed by atoms with Gasteiger partial charge in [0.05, 0.1) is 22.9 Å². The van der Waals surface area contributed by atoms with E-state index in [0.29, 0.717) is 5.69 Å². The van der Waals surface area contributed by atoms with Crippen LogP contribution < -0.4 is 4.90 Å². The summed E-state index contributed by atoms with van der Waals surface area (Å²) in [4.78, 5) is 35.3. The number of benzene rings is 2. The van der Waals surface area contributed by atoms with Crippen molar-refractivity contribution < 1.29 is 14.3 Å². The maximum Gasteiger partial charge on any atom is 0.331 e. The molecule has 31 heavy (non-hydrogen) atoms. The molecule has 0 spiro atoms. The summed E-state index contributed by atoms with van der Waals surface area (Å²) >= 11 is 0. The number of carbonyl (C=O) groups is 2. The smallest absolute Gasteiger partial charge is 0.331 e. The Kier molecular flexibility index (Phi) is 5.38. The van der Waals surface area contributed by atoms with E-state index in [4.69, 9.17) is 4.74 Å². The van der Waals surface area contributed by atoms with Crippen LogP contribution in [0.4, 0.5) is 5.69 Å². The first-order chi connectivity index (χ1) is 14.9. The number of rotatable bonds is 5. The zero-order valence-corrected chi connectivity index (χ0v) is 17.7. The highest BCUT2D eigenvalue weighted by Crippen LogP contribution is 2.46. The third-order valence-corrected chi connectivity index (χ3v) is 5.45. The second-order valence-electron chi connectivity index (χ2n) is 7.92. The van der Waals surface area contributed by atoms with Gasteiger partial charge in [-0.25, -0.2) is 9.78 Å². The molecule has 6 nitrogen and oxygen atoms in total. The number of anilines is 1. The normalized spacial score (nSPS) is 16.1. The van der Waals surface area contributed by atoms with Gasteiger partial charge in [-0.2, -0.15) is 0 Å². The minimum absolute atomic E-state index is 0.269. The molecule has 0 atom stereocenters. The van der Waals surface area contributed by atoms with Crippen molar-refractivity contribution in [1.29, 1.82) is 0 Å². The number of carbonyl (C=O) groups excluding carboxylic acids is 2. The lowest BCUT2D eigenvalue weighted by Gasteiger charge is -2.23. The summed E-state index contributed by atoms with van der Waals surface area (Å²) in [6.45, 7) is 3.83. The van der Waals surface area contributed by atoms with Gasteiger partial charge in [-0.1, -0.05) is 44.2 Å². The van der Waals surface area contributed by atoms with Gasteiger partial charge in [0.1, 0.15) is 0 Å². The molecule has 2 heterocycles. The van der Waals surface area contributed by atoms with Crippen molar-refractivity contribution in [2.24, 2.45) is 0 Å². The topological polar surface area (TPSA) is 72.4 Å². The zero-order chi connectivity index (χ0) is 22.0. The highest BCUT2D eigenvalue weighted by atomic mass is 16.5. The Balaban J connectivity index is 1.39. The molecule has 0 amide bonds. The summed E-state index contributed by atoms with van der Waals surface area (Å²) in [7, 11) is 1.94. The van der Waals surface area contributed by atoms with Crippen LogP contribution in [-0.4, -0.2) is 35.4 Å². The van der Waals surface area contributed by atoms with Gasteiger partial charge in [0.25, 0.3) is 0 Å². The Labute approximate surface area is 180 Å². The van der Waals surface area contributed by atoms with Gasteiger partial charge in [-0.05, 0) is 29.8 Å². The number of ether oxygens (including phenoxy) is 1. The molecule has 156 valence electrons. The number of nitrogens with zero attached hydrogens (tertiary/aromatic N) is 3. The molecule has 0 saturated carbocycles. The van der Waals surface area contributed by atoms with E-state index in [1.54, 1.807) is 12.3 Å². The van der Waals surface area contributed by atoms with E-state index < -0.39 is 5.97 Å². The van der Waals surface area contributed by atoms with Gasteiger partial charge in [0.2, 0.25) is 0 Å². The summed E-state index contributed by atoms with van der Waals surface area (Å²) in [5.41, 5.74) is 4.86. The lowest BCUT2D eigenvalue weighted by molar-refractivity contribution is -0.141. The predicted octanol–water partition coefficient (Wildman–Crippen LogP) is 4.07. The highest BCUT2D eigenvalue weighted by Gasteiger charge is 2.38. The number of likely N-dealkylation sites (N-methyl/N-ethyl adjacent to an activating group) is 1. The van der Waals surface area contributed by atoms with E-state index in [2.05, 4.69) is 29.9 Å². The molecule has 6 heteroatoms. The molecule has 0 aliphatic carbocycles. The third-order valence-electron chi connectivity index (χ3n) is 5.45. The quantitative estimate of drug-likeness (QED) is 0.464. The van der Waals surface area contributed by atoms with Crippen molar-refractivity contribution in [3.8, 4) is 0 Å². The molecule has 1 aliphatic heterocycles. The summed E-state index contributed by atoms with van der Waals surface area (Å²) in [6.07, 6.45) is 5.92. The molecular formula is C25H23N3O3.